The van der Waals surface area contributed by atoms with Crippen LogP contribution in [0.2, 0.25) is 0 Å². The summed E-state index contributed by atoms with van der Waals surface area (Å²) in [5, 5.41) is 13.2. The van der Waals surface area contributed by atoms with Crippen molar-refractivity contribution in [2.24, 2.45) is 11.0 Å². The normalized spacial score (nSPS) is 41.8. The van der Waals surface area contributed by atoms with E-state index in [0.29, 0.717) is 6.42 Å². The molecular formula is C15H25N3O7. The van der Waals surface area contributed by atoms with Crippen LogP contribution >= 0.6 is 0 Å². The summed E-state index contributed by atoms with van der Waals surface area (Å²) in [6.45, 7) is 3.47. The third kappa shape index (κ3) is 4.68. The molecule has 0 aromatic heterocycles. The lowest BCUT2D eigenvalue weighted by molar-refractivity contribution is -0.301. The summed E-state index contributed by atoms with van der Waals surface area (Å²) in [6.07, 6.45) is -3.58. The monoisotopic (exact) mass is 359 g/mol. The molecule has 10 nitrogen and oxygen atoms in total. The van der Waals surface area contributed by atoms with E-state index in [4.69, 9.17) is 29.2 Å². The van der Waals surface area contributed by atoms with E-state index in [0.717, 1.165) is 0 Å². The number of azide groups is 1. The topological polar surface area (TPSA) is 132 Å². The first kappa shape index (κ1) is 20.1. The van der Waals surface area contributed by atoms with Crippen molar-refractivity contribution >= 4 is 5.91 Å². The number of rotatable bonds is 5. The van der Waals surface area contributed by atoms with Crippen molar-refractivity contribution in [1.82, 2.24) is 0 Å². The molecule has 2 aliphatic heterocycles. The Morgan fingerprint density at radius 1 is 1.16 bits per heavy atom. The molecule has 142 valence electrons. The van der Waals surface area contributed by atoms with Gasteiger partial charge in [0.05, 0.1) is 30.3 Å². The van der Waals surface area contributed by atoms with Crippen molar-refractivity contribution < 1.29 is 33.6 Å². The smallest absolute Gasteiger partial charge is 0.224 e. The maximum atomic E-state index is 12.2. The molecule has 2 heterocycles. The summed E-state index contributed by atoms with van der Waals surface area (Å²) in [4.78, 5) is 14.7. The maximum absolute atomic E-state index is 12.2. The Morgan fingerprint density at radius 3 is 2.44 bits per heavy atom. The van der Waals surface area contributed by atoms with Crippen LogP contribution in [0.5, 0.6) is 0 Å². The SMILES string of the molecule is COC1CC(C(=O)N=[N+]=[N-])C(OC2CC(OC)C(O)C(C)O2)C(C)O1. The second-order valence-corrected chi connectivity index (χ2v) is 6.25. The highest BCUT2D eigenvalue weighted by atomic mass is 16.7. The molecule has 2 aliphatic rings. The van der Waals surface area contributed by atoms with Gasteiger partial charge >= 0.3 is 0 Å². The third-order valence-electron chi connectivity index (χ3n) is 4.66. The summed E-state index contributed by atoms with van der Waals surface area (Å²) < 4.78 is 27.8. The summed E-state index contributed by atoms with van der Waals surface area (Å²) >= 11 is 0. The highest BCUT2D eigenvalue weighted by Crippen LogP contribution is 2.33. The van der Waals surface area contributed by atoms with Crippen LogP contribution in [0.1, 0.15) is 26.7 Å². The second-order valence-electron chi connectivity index (χ2n) is 6.25. The van der Waals surface area contributed by atoms with E-state index < -0.39 is 54.9 Å². The van der Waals surface area contributed by atoms with Gasteiger partial charge in [0, 0.05) is 32.0 Å². The molecule has 0 spiro atoms. The van der Waals surface area contributed by atoms with Crippen molar-refractivity contribution in [3.8, 4) is 0 Å². The number of aliphatic hydroxyl groups excluding tert-OH is 1. The third-order valence-corrected chi connectivity index (χ3v) is 4.66. The van der Waals surface area contributed by atoms with Gasteiger partial charge in [0.25, 0.3) is 0 Å². The van der Waals surface area contributed by atoms with Crippen LogP contribution in [-0.4, -0.2) is 68.3 Å². The summed E-state index contributed by atoms with van der Waals surface area (Å²) in [5.41, 5.74) is 8.56. The van der Waals surface area contributed by atoms with Crippen LogP contribution in [0.4, 0.5) is 0 Å². The highest BCUT2D eigenvalue weighted by Gasteiger charge is 2.44. The van der Waals surface area contributed by atoms with Gasteiger partial charge in [-0.25, -0.2) is 0 Å². The number of aliphatic hydroxyl groups is 1. The Balaban J connectivity index is 2.13. The molecule has 25 heavy (non-hydrogen) atoms. The Bertz CT molecular complexity index is 513. The van der Waals surface area contributed by atoms with E-state index in [-0.39, 0.29) is 6.42 Å². The molecule has 2 saturated heterocycles. The fourth-order valence-corrected chi connectivity index (χ4v) is 3.26. The average molecular weight is 359 g/mol. The highest BCUT2D eigenvalue weighted by molar-refractivity contribution is 5.80. The van der Waals surface area contributed by atoms with E-state index in [9.17, 15) is 9.90 Å². The Kier molecular flexibility index (Phi) is 7.14. The molecule has 1 amide bonds. The van der Waals surface area contributed by atoms with Crippen molar-refractivity contribution in [3.05, 3.63) is 10.4 Å². The van der Waals surface area contributed by atoms with Crippen molar-refractivity contribution in [2.45, 2.75) is 69.8 Å². The largest absolute Gasteiger partial charge is 0.388 e. The molecule has 2 fully saturated rings. The fraction of sp³-hybridized carbons (Fsp3) is 0.933. The molecule has 0 bridgehead atoms. The van der Waals surface area contributed by atoms with Crippen LogP contribution in [0.25, 0.3) is 10.4 Å². The lowest BCUT2D eigenvalue weighted by atomic mass is 9.91. The minimum atomic E-state index is -0.761. The van der Waals surface area contributed by atoms with Crippen LogP contribution < -0.4 is 0 Å². The van der Waals surface area contributed by atoms with E-state index >= 15 is 0 Å². The molecule has 0 aromatic carbocycles. The lowest BCUT2D eigenvalue weighted by Gasteiger charge is -2.43. The van der Waals surface area contributed by atoms with Crippen molar-refractivity contribution in [1.29, 1.82) is 0 Å². The van der Waals surface area contributed by atoms with Gasteiger partial charge in [0.2, 0.25) is 5.91 Å². The van der Waals surface area contributed by atoms with Gasteiger partial charge in [-0.2, -0.15) is 0 Å². The van der Waals surface area contributed by atoms with Gasteiger partial charge in [0.1, 0.15) is 6.10 Å². The number of nitrogens with zero attached hydrogens (tertiary/aromatic N) is 3. The molecule has 1 N–H and O–H groups in total. The zero-order valence-electron chi connectivity index (χ0n) is 14.8. The van der Waals surface area contributed by atoms with E-state index in [1.807, 2.05) is 0 Å². The van der Waals surface area contributed by atoms with E-state index in [1.54, 1.807) is 13.8 Å². The minimum Gasteiger partial charge on any atom is -0.388 e. The van der Waals surface area contributed by atoms with Crippen LogP contribution in [-0.2, 0) is 28.5 Å². The number of hydrogen-bond donors (Lipinski definition) is 1. The van der Waals surface area contributed by atoms with Gasteiger partial charge in [-0.15, -0.1) is 0 Å². The lowest BCUT2D eigenvalue weighted by Crippen LogP contribution is -2.53. The minimum absolute atomic E-state index is 0.210. The van der Waals surface area contributed by atoms with Gasteiger partial charge in [-0.3, -0.25) is 4.79 Å². The second kappa shape index (κ2) is 8.91. The number of carbonyl (C=O) groups is 1. The molecule has 8 unspecified atom stereocenters. The first-order valence-corrected chi connectivity index (χ1v) is 8.20. The number of amides is 1. The van der Waals surface area contributed by atoms with Crippen LogP contribution in [0.15, 0.2) is 5.11 Å². The van der Waals surface area contributed by atoms with Crippen LogP contribution in [0.3, 0.4) is 0 Å². The van der Waals surface area contributed by atoms with Crippen LogP contribution in [0, 0.1) is 5.92 Å². The maximum Gasteiger partial charge on any atom is 0.224 e. The molecule has 2 rings (SSSR count). The predicted molar refractivity (Wildman–Crippen MR) is 84.2 cm³/mol. The standard InChI is InChI=1S/C15H25N3O7/c1-7-13(19)10(21-3)6-12(23-7)25-14-8(2)24-11(22-4)5-9(14)15(20)17-18-16/h7-14,19H,5-6H2,1-4H3. The van der Waals surface area contributed by atoms with Gasteiger partial charge in [-0.05, 0) is 24.5 Å². The molecule has 0 aliphatic carbocycles. The van der Waals surface area contributed by atoms with Gasteiger partial charge < -0.3 is 28.8 Å². The summed E-state index contributed by atoms with van der Waals surface area (Å²) in [7, 11) is 2.98. The summed E-state index contributed by atoms with van der Waals surface area (Å²) in [5.74, 6) is -1.34. The molecule has 0 radical (unpaired) electrons. The van der Waals surface area contributed by atoms with Gasteiger partial charge in [-0.1, -0.05) is 0 Å². The number of methoxy groups -OCH3 is 2. The van der Waals surface area contributed by atoms with Crippen molar-refractivity contribution in [2.75, 3.05) is 14.2 Å². The molecule has 0 aromatic rings. The Labute approximate surface area is 145 Å². The molecule has 10 heteroatoms. The first-order chi connectivity index (χ1) is 11.9. The summed E-state index contributed by atoms with van der Waals surface area (Å²) in [6, 6.07) is 0. The van der Waals surface area contributed by atoms with Gasteiger partial charge in [0.15, 0.2) is 12.6 Å². The molecule has 8 atom stereocenters. The number of carbonyl (C=O) groups excluding carboxylic acids is 1. The number of ether oxygens (including phenoxy) is 5. The van der Waals surface area contributed by atoms with Crippen molar-refractivity contribution in [3.63, 3.8) is 0 Å². The predicted octanol–water partition coefficient (Wildman–Crippen LogP) is 1.12. The molecule has 0 saturated carbocycles. The zero-order chi connectivity index (χ0) is 18.6. The fourth-order valence-electron chi connectivity index (χ4n) is 3.26. The zero-order valence-corrected chi connectivity index (χ0v) is 14.8. The number of hydrogen-bond acceptors (Lipinski definition) is 7. The van der Waals surface area contributed by atoms with E-state index in [1.165, 1.54) is 14.2 Å². The average Bonchev–Trinajstić information content (AvgIpc) is 2.59. The first-order valence-electron chi connectivity index (χ1n) is 8.20. The molecular weight excluding hydrogens is 334 g/mol. The Morgan fingerprint density at radius 2 is 1.84 bits per heavy atom. The quantitative estimate of drug-likeness (QED) is 0.442. The van der Waals surface area contributed by atoms with E-state index in [2.05, 4.69) is 10.0 Å². The Hall–Kier alpha value is -1.26.